The number of carboxylic acid groups (broad SMARTS) is 1. The lowest BCUT2D eigenvalue weighted by Crippen LogP contribution is -2.60. The fourth-order valence-corrected chi connectivity index (χ4v) is 3.41. The van der Waals surface area contributed by atoms with E-state index in [1.54, 1.807) is 25.7 Å². The maximum Gasteiger partial charge on any atom is 0.408 e. The summed E-state index contributed by atoms with van der Waals surface area (Å²) in [5.41, 5.74) is -0.697. The number of halogens is 1. The largest absolute Gasteiger partial charge is 0.465 e. The number of hydrogen-bond donors (Lipinski definition) is 1. The predicted octanol–water partition coefficient (Wildman–Crippen LogP) is 2.79. The van der Waals surface area contributed by atoms with Gasteiger partial charge in [-0.15, -0.1) is 0 Å². The third-order valence-corrected chi connectivity index (χ3v) is 4.71. The zero-order valence-corrected chi connectivity index (χ0v) is 17.1. The molecule has 28 heavy (non-hydrogen) atoms. The lowest BCUT2D eigenvalue weighted by Gasteiger charge is -2.43. The molecule has 8 nitrogen and oxygen atoms in total. The van der Waals surface area contributed by atoms with Crippen LogP contribution in [-0.2, 0) is 4.79 Å². The maximum atomic E-state index is 13.1. The van der Waals surface area contributed by atoms with Gasteiger partial charge in [0.1, 0.15) is 12.1 Å². The fraction of sp³-hybridized carbons (Fsp3) is 0.684. The minimum Gasteiger partial charge on any atom is -0.465 e. The summed E-state index contributed by atoms with van der Waals surface area (Å²) in [6, 6.07) is -0.647. The van der Waals surface area contributed by atoms with Gasteiger partial charge in [0.15, 0.2) is 5.82 Å². The van der Waals surface area contributed by atoms with Crippen molar-refractivity contribution in [1.29, 1.82) is 0 Å². The van der Waals surface area contributed by atoms with E-state index in [2.05, 4.69) is 9.97 Å². The lowest BCUT2D eigenvalue weighted by atomic mass is 9.94. The molecule has 1 aliphatic heterocycles. The van der Waals surface area contributed by atoms with E-state index in [0.717, 1.165) is 12.4 Å². The zero-order valence-electron chi connectivity index (χ0n) is 17.1. The first-order chi connectivity index (χ1) is 13.0. The number of carbonyl (C=O) groups is 2. The number of nitrogens with zero attached hydrogens (tertiary/aromatic N) is 4. The molecule has 0 aromatic carbocycles. The minimum atomic E-state index is -1.11. The van der Waals surface area contributed by atoms with E-state index in [0.29, 0.717) is 25.9 Å². The van der Waals surface area contributed by atoms with Gasteiger partial charge in [-0.25, -0.2) is 19.2 Å². The van der Waals surface area contributed by atoms with Gasteiger partial charge < -0.3 is 14.7 Å². The van der Waals surface area contributed by atoms with Crippen LogP contribution in [-0.4, -0.2) is 67.6 Å². The Morgan fingerprint density at radius 1 is 1.25 bits per heavy atom. The highest BCUT2D eigenvalue weighted by Gasteiger charge is 2.41. The number of hydrogen-bond acceptors (Lipinski definition) is 5. The van der Waals surface area contributed by atoms with Gasteiger partial charge in [-0.3, -0.25) is 9.69 Å². The fourth-order valence-electron chi connectivity index (χ4n) is 3.41. The highest BCUT2D eigenvalue weighted by atomic mass is 19.1. The Balaban J connectivity index is 2.03. The van der Waals surface area contributed by atoms with Crippen LogP contribution in [0.25, 0.3) is 0 Å². The van der Waals surface area contributed by atoms with Crippen LogP contribution in [0.2, 0.25) is 0 Å². The van der Waals surface area contributed by atoms with Gasteiger partial charge in [0.25, 0.3) is 0 Å². The summed E-state index contributed by atoms with van der Waals surface area (Å²) in [6.45, 7) is 9.96. The monoisotopic (exact) mass is 396 g/mol. The molecule has 1 aliphatic rings. The van der Waals surface area contributed by atoms with Crippen LogP contribution in [0.1, 0.15) is 47.5 Å². The lowest BCUT2D eigenvalue weighted by molar-refractivity contribution is -0.142. The molecule has 0 radical (unpaired) electrons. The van der Waals surface area contributed by atoms with Crippen molar-refractivity contribution in [3.63, 3.8) is 0 Å². The summed E-state index contributed by atoms with van der Waals surface area (Å²) in [4.78, 5) is 35.5. The van der Waals surface area contributed by atoms with Crippen LogP contribution in [0.4, 0.5) is 9.18 Å². The molecule has 0 unspecified atom stereocenters. The number of piperidine rings is 1. The van der Waals surface area contributed by atoms with Crippen LogP contribution in [0, 0.1) is 11.7 Å². The molecule has 1 fully saturated rings. The molecule has 2 rings (SSSR count). The Hall–Kier alpha value is -2.45. The first kappa shape index (κ1) is 21.8. The van der Waals surface area contributed by atoms with Gasteiger partial charge >= 0.3 is 12.1 Å². The van der Waals surface area contributed by atoms with Crippen molar-refractivity contribution in [2.24, 2.45) is 5.92 Å². The highest BCUT2D eigenvalue weighted by molar-refractivity contribution is 5.86. The second kappa shape index (κ2) is 8.70. The second-order valence-corrected chi connectivity index (χ2v) is 8.34. The molecule has 2 heterocycles. The van der Waals surface area contributed by atoms with Gasteiger partial charge in [-0.05, 0) is 26.7 Å². The molecule has 1 aromatic heterocycles. The summed E-state index contributed by atoms with van der Waals surface area (Å²) in [7, 11) is 0. The number of likely N-dealkylation sites (tertiary alicyclic amines) is 1. The Bertz CT molecular complexity index is 682. The summed E-state index contributed by atoms with van der Waals surface area (Å²) in [5.74, 6) is -0.887. The zero-order chi connectivity index (χ0) is 21.1. The standard InChI is InChI=1S/C19H29FN4O4/c1-12(2)15(24(18(26)27)19(3,4)5)16(25)23-8-6-14(7-9-23)28-17-21-10-13(20)11-22-17/h10-12,14-15H,6-9H2,1-5H3,(H,26,27)/t15-/m0/s1. The molecule has 0 bridgehead atoms. The van der Waals surface area contributed by atoms with Gasteiger partial charge in [0, 0.05) is 31.5 Å². The molecule has 156 valence electrons. The molecule has 0 aliphatic carbocycles. The number of amides is 2. The van der Waals surface area contributed by atoms with E-state index in [1.807, 2.05) is 13.8 Å². The van der Waals surface area contributed by atoms with Crippen LogP contribution in [0.5, 0.6) is 6.01 Å². The summed E-state index contributed by atoms with van der Waals surface area (Å²) >= 11 is 0. The first-order valence-electron chi connectivity index (χ1n) is 9.46. The van der Waals surface area contributed by atoms with Crippen molar-refractivity contribution in [3.8, 4) is 6.01 Å². The summed E-state index contributed by atoms with van der Waals surface area (Å²) in [5, 5.41) is 9.70. The van der Waals surface area contributed by atoms with Gasteiger partial charge in [0.05, 0.1) is 12.4 Å². The van der Waals surface area contributed by atoms with Crippen molar-refractivity contribution in [2.75, 3.05) is 13.1 Å². The molecule has 9 heteroatoms. The van der Waals surface area contributed by atoms with Gasteiger partial charge in [-0.1, -0.05) is 13.8 Å². The normalized spacial score (nSPS) is 16.8. The molecule has 1 atom stereocenters. The minimum absolute atomic E-state index is 0.107. The van der Waals surface area contributed by atoms with Crippen LogP contribution >= 0.6 is 0 Å². The van der Waals surface area contributed by atoms with E-state index >= 15 is 0 Å². The maximum absolute atomic E-state index is 13.1. The van der Waals surface area contributed by atoms with Crippen LogP contribution in [0.3, 0.4) is 0 Å². The van der Waals surface area contributed by atoms with Crippen LogP contribution in [0.15, 0.2) is 12.4 Å². The van der Waals surface area contributed by atoms with Crippen molar-refractivity contribution >= 4 is 12.0 Å². The molecule has 1 aromatic rings. The molecule has 1 N–H and O–H groups in total. The third kappa shape index (κ3) is 5.30. The van der Waals surface area contributed by atoms with Crippen LogP contribution < -0.4 is 4.74 Å². The van der Waals surface area contributed by atoms with Gasteiger partial charge in [0.2, 0.25) is 5.91 Å². The quantitative estimate of drug-likeness (QED) is 0.822. The van der Waals surface area contributed by atoms with Gasteiger partial charge in [-0.2, -0.15) is 0 Å². The Morgan fingerprint density at radius 3 is 2.21 bits per heavy atom. The Labute approximate surface area is 164 Å². The SMILES string of the molecule is CC(C)[C@@H](C(=O)N1CCC(Oc2ncc(F)cn2)CC1)N(C(=O)O)C(C)(C)C. The number of rotatable bonds is 5. The van der Waals surface area contributed by atoms with E-state index in [9.17, 15) is 19.1 Å². The Kier molecular flexibility index (Phi) is 6.79. The molecule has 0 saturated carbocycles. The predicted molar refractivity (Wildman–Crippen MR) is 100 cm³/mol. The first-order valence-corrected chi connectivity index (χ1v) is 9.46. The van der Waals surface area contributed by atoms with Crippen molar-refractivity contribution in [1.82, 2.24) is 19.8 Å². The smallest absolute Gasteiger partial charge is 0.408 e. The average molecular weight is 396 g/mol. The van der Waals surface area contributed by atoms with E-state index < -0.39 is 23.5 Å². The van der Waals surface area contributed by atoms with Crippen molar-refractivity contribution < 1.29 is 23.8 Å². The highest BCUT2D eigenvalue weighted by Crippen LogP contribution is 2.25. The Morgan fingerprint density at radius 2 is 1.79 bits per heavy atom. The van der Waals surface area contributed by atoms with Crippen molar-refractivity contribution in [3.05, 3.63) is 18.2 Å². The second-order valence-electron chi connectivity index (χ2n) is 8.34. The topological polar surface area (TPSA) is 95.9 Å². The molecule has 0 spiro atoms. The van der Waals surface area contributed by atoms with E-state index in [1.165, 1.54) is 4.90 Å². The average Bonchev–Trinajstić information content (AvgIpc) is 2.60. The molecule has 1 saturated heterocycles. The molecular formula is C19H29FN4O4. The number of ether oxygens (including phenoxy) is 1. The number of aromatic nitrogens is 2. The van der Waals surface area contributed by atoms with E-state index in [-0.39, 0.29) is 23.9 Å². The van der Waals surface area contributed by atoms with E-state index in [4.69, 9.17) is 4.74 Å². The summed E-state index contributed by atoms with van der Waals surface area (Å²) in [6.07, 6.45) is 1.94. The molecule has 2 amide bonds. The third-order valence-electron chi connectivity index (χ3n) is 4.71. The van der Waals surface area contributed by atoms with Crippen molar-refractivity contribution in [2.45, 2.75) is 65.1 Å². The summed E-state index contributed by atoms with van der Waals surface area (Å²) < 4.78 is 18.5. The number of carbonyl (C=O) groups excluding carboxylic acids is 1. The molecular weight excluding hydrogens is 367 g/mol.